The Balaban J connectivity index is 1.69. The summed E-state index contributed by atoms with van der Waals surface area (Å²) in [4.78, 5) is 0. The summed E-state index contributed by atoms with van der Waals surface area (Å²) in [5.41, 5.74) is 0.0987. The van der Waals surface area contributed by atoms with Crippen molar-refractivity contribution in [1.82, 2.24) is 5.32 Å². The molecule has 2 fully saturated rings. The molecule has 0 bridgehead atoms. The molecule has 94 valence electrons. The van der Waals surface area contributed by atoms with Gasteiger partial charge in [-0.3, -0.25) is 0 Å². The first-order chi connectivity index (χ1) is 7.76. The molecule has 0 radical (unpaired) electrons. The molecule has 0 aliphatic heterocycles. The molecule has 2 rings (SSSR count). The molecule has 3 nitrogen and oxygen atoms in total. The fourth-order valence-electron chi connectivity index (χ4n) is 2.83. The largest absolute Gasteiger partial charge is 0.396 e. The van der Waals surface area contributed by atoms with Gasteiger partial charge in [0.05, 0.1) is 6.10 Å². The summed E-state index contributed by atoms with van der Waals surface area (Å²) in [6, 6.07) is 0. The van der Waals surface area contributed by atoms with Crippen LogP contribution >= 0.6 is 0 Å². The van der Waals surface area contributed by atoms with Gasteiger partial charge in [0.25, 0.3) is 0 Å². The lowest BCUT2D eigenvalue weighted by molar-refractivity contribution is 0.0738. The van der Waals surface area contributed by atoms with Gasteiger partial charge in [-0.25, -0.2) is 0 Å². The smallest absolute Gasteiger partial charge is 0.0692 e. The second-order valence-electron chi connectivity index (χ2n) is 5.75. The van der Waals surface area contributed by atoms with Crippen LogP contribution in [0.15, 0.2) is 0 Å². The third-order valence-electron chi connectivity index (χ3n) is 4.27. The Morgan fingerprint density at radius 1 is 1.19 bits per heavy atom. The van der Waals surface area contributed by atoms with Crippen LogP contribution < -0.4 is 5.32 Å². The molecule has 0 heterocycles. The van der Waals surface area contributed by atoms with Crippen LogP contribution in [0.2, 0.25) is 0 Å². The van der Waals surface area contributed by atoms with Crippen molar-refractivity contribution >= 4 is 0 Å². The molecular formula is C13H25NO2. The predicted molar refractivity (Wildman–Crippen MR) is 64.2 cm³/mol. The van der Waals surface area contributed by atoms with Crippen molar-refractivity contribution in [2.24, 2.45) is 11.3 Å². The van der Waals surface area contributed by atoms with Gasteiger partial charge in [-0.05, 0) is 31.6 Å². The molecular weight excluding hydrogens is 202 g/mol. The van der Waals surface area contributed by atoms with Crippen molar-refractivity contribution in [3.63, 3.8) is 0 Å². The Hall–Kier alpha value is -0.120. The average molecular weight is 227 g/mol. The van der Waals surface area contributed by atoms with E-state index in [1.807, 2.05) is 0 Å². The third-order valence-corrected chi connectivity index (χ3v) is 4.27. The molecule has 3 heteroatoms. The number of aliphatic hydroxyl groups is 2. The first-order valence-electron chi connectivity index (χ1n) is 6.75. The third kappa shape index (κ3) is 3.19. The highest BCUT2D eigenvalue weighted by molar-refractivity contribution is 4.86. The lowest BCUT2D eigenvalue weighted by Gasteiger charge is -2.36. The number of hydrogen-bond acceptors (Lipinski definition) is 3. The van der Waals surface area contributed by atoms with Crippen LogP contribution in [0, 0.1) is 11.3 Å². The van der Waals surface area contributed by atoms with Crippen molar-refractivity contribution in [3.05, 3.63) is 0 Å². The van der Waals surface area contributed by atoms with Crippen LogP contribution in [0.25, 0.3) is 0 Å². The van der Waals surface area contributed by atoms with Crippen molar-refractivity contribution in [1.29, 1.82) is 0 Å². The van der Waals surface area contributed by atoms with Gasteiger partial charge in [-0.15, -0.1) is 0 Å². The Labute approximate surface area is 98.2 Å². The molecule has 0 saturated heterocycles. The van der Waals surface area contributed by atoms with Gasteiger partial charge in [0, 0.05) is 25.1 Å². The summed E-state index contributed by atoms with van der Waals surface area (Å²) in [5, 5.41) is 22.6. The first kappa shape index (κ1) is 12.3. The minimum atomic E-state index is -0.167. The maximum atomic E-state index is 9.75. The van der Waals surface area contributed by atoms with E-state index in [1.165, 1.54) is 32.1 Å². The molecule has 0 aromatic heterocycles. The molecule has 3 N–H and O–H groups in total. The van der Waals surface area contributed by atoms with Crippen LogP contribution in [-0.4, -0.2) is 36.0 Å². The molecule has 2 saturated carbocycles. The van der Waals surface area contributed by atoms with E-state index in [0.717, 1.165) is 19.4 Å². The van der Waals surface area contributed by atoms with Gasteiger partial charge < -0.3 is 15.5 Å². The zero-order valence-corrected chi connectivity index (χ0v) is 10.1. The van der Waals surface area contributed by atoms with Gasteiger partial charge >= 0.3 is 0 Å². The molecule has 0 aromatic rings. The van der Waals surface area contributed by atoms with Crippen molar-refractivity contribution < 1.29 is 10.2 Å². The zero-order chi connectivity index (χ0) is 11.4. The monoisotopic (exact) mass is 227 g/mol. The quantitative estimate of drug-likeness (QED) is 0.641. The van der Waals surface area contributed by atoms with Crippen molar-refractivity contribution in [3.8, 4) is 0 Å². The van der Waals surface area contributed by atoms with Gasteiger partial charge in [0.1, 0.15) is 0 Å². The second kappa shape index (κ2) is 5.48. The van der Waals surface area contributed by atoms with E-state index in [9.17, 15) is 10.2 Å². The minimum absolute atomic E-state index is 0.0987. The van der Waals surface area contributed by atoms with Gasteiger partial charge in [-0.1, -0.05) is 19.3 Å². The highest BCUT2D eigenvalue weighted by Crippen LogP contribution is 2.35. The zero-order valence-electron chi connectivity index (χ0n) is 10.1. The summed E-state index contributed by atoms with van der Waals surface area (Å²) >= 11 is 0. The summed E-state index contributed by atoms with van der Waals surface area (Å²) < 4.78 is 0. The maximum absolute atomic E-state index is 9.75. The Morgan fingerprint density at radius 3 is 2.44 bits per heavy atom. The average Bonchev–Trinajstić information content (AvgIpc) is 3.14. The minimum Gasteiger partial charge on any atom is -0.396 e. The van der Waals surface area contributed by atoms with E-state index in [4.69, 9.17) is 0 Å². The summed E-state index contributed by atoms with van der Waals surface area (Å²) in [7, 11) is 0. The van der Waals surface area contributed by atoms with Crippen LogP contribution in [0.5, 0.6) is 0 Å². The van der Waals surface area contributed by atoms with Gasteiger partial charge in [0.2, 0.25) is 0 Å². The van der Waals surface area contributed by atoms with Gasteiger partial charge in [0.15, 0.2) is 0 Å². The van der Waals surface area contributed by atoms with E-state index in [1.54, 1.807) is 0 Å². The van der Waals surface area contributed by atoms with Crippen LogP contribution in [0.4, 0.5) is 0 Å². The number of nitrogens with one attached hydrogen (secondary N) is 1. The fourth-order valence-corrected chi connectivity index (χ4v) is 2.83. The Kier molecular flexibility index (Phi) is 4.22. The normalized spacial score (nSPS) is 26.6. The van der Waals surface area contributed by atoms with Crippen LogP contribution in [-0.2, 0) is 0 Å². The van der Waals surface area contributed by atoms with E-state index < -0.39 is 0 Å². The molecule has 2 aliphatic rings. The Morgan fingerprint density at radius 2 is 1.88 bits per heavy atom. The van der Waals surface area contributed by atoms with Crippen molar-refractivity contribution in [2.45, 2.75) is 51.0 Å². The maximum Gasteiger partial charge on any atom is 0.0692 e. The van der Waals surface area contributed by atoms with E-state index in [0.29, 0.717) is 19.1 Å². The standard InChI is InChI=1S/C13H25NO2/c15-10-13(6-2-1-3-7-13)9-14-8-12(16)11-4-5-11/h11-12,14-16H,1-10H2. The first-order valence-corrected chi connectivity index (χ1v) is 6.75. The number of rotatable bonds is 6. The second-order valence-corrected chi connectivity index (χ2v) is 5.75. The molecule has 2 aliphatic carbocycles. The van der Waals surface area contributed by atoms with E-state index in [-0.39, 0.29) is 11.5 Å². The van der Waals surface area contributed by atoms with E-state index in [2.05, 4.69) is 5.32 Å². The number of hydrogen-bond donors (Lipinski definition) is 3. The summed E-state index contributed by atoms with van der Waals surface area (Å²) in [6.07, 6.45) is 8.28. The molecule has 1 atom stereocenters. The fraction of sp³-hybridized carbons (Fsp3) is 1.00. The molecule has 16 heavy (non-hydrogen) atoms. The highest BCUT2D eigenvalue weighted by atomic mass is 16.3. The van der Waals surface area contributed by atoms with Crippen LogP contribution in [0.3, 0.4) is 0 Å². The van der Waals surface area contributed by atoms with E-state index >= 15 is 0 Å². The molecule has 0 aromatic carbocycles. The molecule has 0 spiro atoms. The highest BCUT2D eigenvalue weighted by Gasteiger charge is 2.33. The SMILES string of the molecule is OCC1(CNCC(O)C2CC2)CCCCC1. The van der Waals surface area contributed by atoms with Crippen molar-refractivity contribution in [2.75, 3.05) is 19.7 Å². The molecule has 1 unspecified atom stereocenters. The van der Waals surface area contributed by atoms with Crippen LogP contribution in [0.1, 0.15) is 44.9 Å². The summed E-state index contributed by atoms with van der Waals surface area (Å²) in [6.45, 7) is 1.86. The lowest BCUT2D eigenvalue weighted by atomic mass is 9.74. The van der Waals surface area contributed by atoms with Gasteiger partial charge in [-0.2, -0.15) is 0 Å². The molecule has 0 amide bonds. The summed E-state index contributed by atoms with van der Waals surface area (Å²) in [5.74, 6) is 0.545. The predicted octanol–water partition coefficient (Wildman–Crippen LogP) is 1.29. The Bertz CT molecular complexity index is 210. The number of aliphatic hydroxyl groups excluding tert-OH is 2. The lowest BCUT2D eigenvalue weighted by Crippen LogP contribution is -2.41. The topological polar surface area (TPSA) is 52.5 Å².